The second-order valence-electron chi connectivity index (χ2n) is 8.90. The number of carbonyl (C=O) groups excluding carboxylic acids is 2. The van der Waals surface area contributed by atoms with Crippen molar-refractivity contribution in [1.29, 1.82) is 0 Å². The molecule has 1 aromatic heterocycles. The van der Waals surface area contributed by atoms with Crippen molar-refractivity contribution >= 4 is 28.7 Å². The second-order valence-corrected chi connectivity index (χ2v) is 8.90. The van der Waals surface area contributed by atoms with Crippen molar-refractivity contribution in [1.82, 2.24) is 5.32 Å². The Morgan fingerprint density at radius 1 is 0.919 bits per heavy atom. The van der Waals surface area contributed by atoms with Gasteiger partial charge in [-0.1, -0.05) is 0 Å². The van der Waals surface area contributed by atoms with Gasteiger partial charge in [0.25, 0.3) is 0 Å². The standard InChI is InChI=1S/C26H32N2O9/c1-26(2,3)37-25(31)28-11-10-27-24-19(15-8-9-16(32-4)21(30)22(15)36-24)20(29)14-12-17(33-5)23(35-7)18(13-14)34-6/h8-9,12-13,27,30H,10-11H2,1-7H3,(H,28,31). The summed E-state index contributed by atoms with van der Waals surface area (Å²) in [6, 6.07) is 6.21. The predicted octanol–water partition coefficient (Wildman–Crippen LogP) is 4.34. The largest absolute Gasteiger partial charge is 0.502 e. The molecule has 0 aliphatic carbocycles. The minimum Gasteiger partial charge on any atom is -0.502 e. The number of benzene rings is 2. The van der Waals surface area contributed by atoms with Crippen LogP contribution in [0.25, 0.3) is 11.0 Å². The zero-order valence-corrected chi connectivity index (χ0v) is 21.9. The van der Waals surface area contributed by atoms with Crippen LogP contribution in [0, 0.1) is 0 Å². The Balaban J connectivity index is 1.99. The second kappa shape index (κ2) is 11.2. The highest BCUT2D eigenvalue weighted by molar-refractivity contribution is 6.20. The molecule has 0 radical (unpaired) electrons. The number of methoxy groups -OCH3 is 4. The van der Waals surface area contributed by atoms with Crippen LogP contribution in [-0.4, -0.2) is 64.1 Å². The molecule has 11 nitrogen and oxygen atoms in total. The van der Waals surface area contributed by atoms with E-state index in [9.17, 15) is 14.7 Å². The van der Waals surface area contributed by atoms with Crippen LogP contribution in [0.2, 0.25) is 0 Å². The van der Waals surface area contributed by atoms with Gasteiger partial charge in [0.1, 0.15) is 5.60 Å². The molecule has 200 valence electrons. The highest BCUT2D eigenvalue weighted by Gasteiger charge is 2.27. The maximum Gasteiger partial charge on any atom is 0.407 e. The fourth-order valence-electron chi connectivity index (χ4n) is 3.65. The molecular formula is C26H32N2O9. The first-order valence-electron chi connectivity index (χ1n) is 11.4. The van der Waals surface area contributed by atoms with Crippen LogP contribution in [0.5, 0.6) is 28.7 Å². The summed E-state index contributed by atoms with van der Waals surface area (Å²) in [5.41, 5.74) is -0.160. The maximum absolute atomic E-state index is 13.8. The summed E-state index contributed by atoms with van der Waals surface area (Å²) in [7, 11) is 5.78. The number of amides is 1. The zero-order chi connectivity index (χ0) is 27.3. The molecular weight excluding hydrogens is 484 g/mol. The van der Waals surface area contributed by atoms with E-state index in [4.69, 9.17) is 28.1 Å². The van der Waals surface area contributed by atoms with Gasteiger partial charge in [0.15, 0.2) is 28.6 Å². The highest BCUT2D eigenvalue weighted by atomic mass is 16.6. The van der Waals surface area contributed by atoms with E-state index in [1.165, 1.54) is 46.6 Å². The van der Waals surface area contributed by atoms with Gasteiger partial charge in [0.2, 0.25) is 17.4 Å². The van der Waals surface area contributed by atoms with E-state index in [1.54, 1.807) is 26.8 Å². The molecule has 3 N–H and O–H groups in total. The number of hydrogen-bond donors (Lipinski definition) is 3. The number of alkyl carbamates (subject to hydrolysis) is 1. The number of carbonyl (C=O) groups is 2. The lowest BCUT2D eigenvalue weighted by Crippen LogP contribution is -2.35. The molecule has 0 bridgehead atoms. The van der Waals surface area contributed by atoms with Crippen molar-refractivity contribution in [2.75, 3.05) is 46.8 Å². The average molecular weight is 517 g/mol. The summed E-state index contributed by atoms with van der Waals surface area (Å²) in [6.45, 7) is 5.68. The Morgan fingerprint density at radius 2 is 1.54 bits per heavy atom. The Hall–Kier alpha value is -4.28. The van der Waals surface area contributed by atoms with Crippen LogP contribution in [-0.2, 0) is 4.74 Å². The molecule has 1 amide bonds. The van der Waals surface area contributed by atoms with Gasteiger partial charge in [-0.25, -0.2) is 4.79 Å². The van der Waals surface area contributed by atoms with Crippen LogP contribution in [0.4, 0.5) is 10.7 Å². The predicted molar refractivity (Wildman–Crippen MR) is 137 cm³/mol. The summed E-state index contributed by atoms with van der Waals surface area (Å²) in [6.07, 6.45) is -0.574. The van der Waals surface area contributed by atoms with Crippen molar-refractivity contribution < 1.29 is 42.8 Å². The minimum absolute atomic E-state index is 0.0674. The normalized spacial score (nSPS) is 11.1. The summed E-state index contributed by atoms with van der Waals surface area (Å²) in [5.74, 6) is 0.559. The molecule has 0 aliphatic heterocycles. The van der Waals surface area contributed by atoms with Gasteiger partial charge in [-0.2, -0.15) is 0 Å². The van der Waals surface area contributed by atoms with E-state index in [-0.39, 0.29) is 47.2 Å². The summed E-state index contributed by atoms with van der Waals surface area (Å²) in [5, 5.41) is 16.6. The number of rotatable bonds is 10. The van der Waals surface area contributed by atoms with Gasteiger partial charge >= 0.3 is 6.09 Å². The zero-order valence-electron chi connectivity index (χ0n) is 21.9. The first-order chi connectivity index (χ1) is 17.5. The molecule has 0 spiro atoms. The molecule has 37 heavy (non-hydrogen) atoms. The number of furan rings is 1. The molecule has 0 fully saturated rings. The smallest absolute Gasteiger partial charge is 0.407 e. The number of nitrogens with one attached hydrogen (secondary N) is 2. The van der Waals surface area contributed by atoms with Gasteiger partial charge < -0.3 is 43.8 Å². The Morgan fingerprint density at radius 3 is 2.08 bits per heavy atom. The Kier molecular flexibility index (Phi) is 8.26. The molecule has 0 unspecified atom stereocenters. The van der Waals surface area contributed by atoms with Crippen LogP contribution in [0.15, 0.2) is 28.7 Å². The topological polar surface area (TPSA) is 138 Å². The van der Waals surface area contributed by atoms with E-state index in [2.05, 4.69) is 10.6 Å². The number of anilines is 1. The van der Waals surface area contributed by atoms with Crippen LogP contribution in [0.3, 0.4) is 0 Å². The lowest BCUT2D eigenvalue weighted by Gasteiger charge is -2.19. The van der Waals surface area contributed by atoms with E-state index >= 15 is 0 Å². The first-order valence-corrected chi connectivity index (χ1v) is 11.4. The third-order valence-electron chi connectivity index (χ3n) is 5.25. The molecule has 0 saturated heterocycles. The van der Waals surface area contributed by atoms with Crippen LogP contribution >= 0.6 is 0 Å². The van der Waals surface area contributed by atoms with E-state index in [1.807, 2.05) is 0 Å². The van der Waals surface area contributed by atoms with Gasteiger partial charge in [-0.05, 0) is 45.0 Å². The van der Waals surface area contributed by atoms with Crippen molar-refractivity contribution in [3.05, 3.63) is 35.4 Å². The van der Waals surface area contributed by atoms with Crippen molar-refractivity contribution in [2.24, 2.45) is 0 Å². The first kappa shape index (κ1) is 27.3. The van der Waals surface area contributed by atoms with Crippen molar-refractivity contribution in [3.8, 4) is 28.7 Å². The molecule has 11 heteroatoms. The average Bonchev–Trinajstić information content (AvgIpc) is 3.23. The molecule has 0 atom stereocenters. The third kappa shape index (κ3) is 5.93. The monoisotopic (exact) mass is 516 g/mol. The van der Waals surface area contributed by atoms with Crippen molar-refractivity contribution in [3.63, 3.8) is 0 Å². The summed E-state index contributed by atoms with van der Waals surface area (Å²) in [4.78, 5) is 25.7. The quantitative estimate of drug-likeness (QED) is 0.263. The number of phenols is 1. The van der Waals surface area contributed by atoms with E-state index in [0.717, 1.165) is 0 Å². The lowest BCUT2D eigenvalue weighted by molar-refractivity contribution is 0.0529. The van der Waals surface area contributed by atoms with Gasteiger partial charge in [0.05, 0.1) is 34.0 Å². The van der Waals surface area contributed by atoms with Gasteiger partial charge in [-0.15, -0.1) is 0 Å². The SMILES string of the molecule is COc1cc(C(=O)c2c(NCCNC(=O)OC(C)(C)C)oc3c(O)c(OC)ccc23)cc(OC)c1OC. The van der Waals surface area contributed by atoms with Crippen LogP contribution < -0.4 is 29.6 Å². The fourth-order valence-corrected chi connectivity index (χ4v) is 3.65. The number of phenolic OH excluding ortho intramolecular Hbond substituents is 1. The molecule has 3 aromatic rings. The molecule has 1 heterocycles. The van der Waals surface area contributed by atoms with Gasteiger partial charge in [-0.3, -0.25) is 4.79 Å². The summed E-state index contributed by atoms with van der Waals surface area (Å²) < 4.78 is 32.4. The molecule has 2 aromatic carbocycles. The number of ketones is 1. The number of ether oxygens (including phenoxy) is 5. The molecule has 3 rings (SSSR count). The number of aromatic hydroxyl groups is 1. The molecule has 0 aliphatic rings. The van der Waals surface area contributed by atoms with E-state index < -0.39 is 17.5 Å². The Bertz CT molecular complexity index is 1270. The van der Waals surface area contributed by atoms with Gasteiger partial charge in [0, 0.05) is 24.0 Å². The highest BCUT2D eigenvalue weighted by Crippen LogP contribution is 2.43. The molecule has 0 saturated carbocycles. The summed E-state index contributed by atoms with van der Waals surface area (Å²) >= 11 is 0. The third-order valence-corrected chi connectivity index (χ3v) is 5.25. The van der Waals surface area contributed by atoms with Crippen molar-refractivity contribution in [2.45, 2.75) is 26.4 Å². The lowest BCUT2D eigenvalue weighted by atomic mass is 10.0. The Labute approximate surface area is 214 Å². The maximum atomic E-state index is 13.8. The number of fused-ring (bicyclic) bond motifs is 1. The van der Waals surface area contributed by atoms with Crippen LogP contribution in [0.1, 0.15) is 36.7 Å². The fraction of sp³-hybridized carbons (Fsp3) is 0.385. The van der Waals surface area contributed by atoms with E-state index in [0.29, 0.717) is 22.6 Å². The number of hydrogen-bond acceptors (Lipinski definition) is 10. The minimum atomic E-state index is -0.632.